The predicted molar refractivity (Wildman–Crippen MR) is 76.3 cm³/mol. The Bertz CT molecular complexity index is 495. The van der Waals surface area contributed by atoms with Gasteiger partial charge < -0.3 is 10.4 Å². The van der Waals surface area contributed by atoms with Crippen LogP contribution < -0.4 is 5.32 Å². The molecule has 0 bridgehead atoms. The van der Waals surface area contributed by atoms with Crippen LogP contribution in [0.25, 0.3) is 5.69 Å². The summed E-state index contributed by atoms with van der Waals surface area (Å²) >= 11 is 0. The van der Waals surface area contributed by atoms with Gasteiger partial charge in [0.2, 0.25) is 0 Å². The highest BCUT2D eigenvalue weighted by Gasteiger charge is 2.10. The van der Waals surface area contributed by atoms with Gasteiger partial charge in [0.25, 0.3) is 0 Å². The van der Waals surface area contributed by atoms with Crippen molar-refractivity contribution < 1.29 is 5.11 Å². The van der Waals surface area contributed by atoms with E-state index >= 15 is 0 Å². The molecule has 0 fully saturated rings. The fourth-order valence-electron chi connectivity index (χ4n) is 1.86. The van der Waals surface area contributed by atoms with Gasteiger partial charge >= 0.3 is 0 Å². The lowest BCUT2D eigenvalue weighted by atomic mass is 10.2. The molecule has 19 heavy (non-hydrogen) atoms. The van der Waals surface area contributed by atoms with Crippen LogP contribution in [0.5, 0.6) is 0 Å². The van der Waals surface area contributed by atoms with Crippen molar-refractivity contribution in [3.05, 3.63) is 48.3 Å². The van der Waals surface area contributed by atoms with E-state index in [1.54, 1.807) is 0 Å². The van der Waals surface area contributed by atoms with Crippen molar-refractivity contribution in [3.63, 3.8) is 0 Å². The van der Waals surface area contributed by atoms with E-state index in [1.807, 2.05) is 54.3 Å². The third-order valence-corrected chi connectivity index (χ3v) is 3.25. The summed E-state index contributed by atoms with van der Waals surface area (Å²) < 4.78 is 1.86. The molecule has 0 aliphatic heterocycles. The van der Waals surface area contributed by atoms with Crippen LogP contribution in [-0.4, -0.2) is 27.5 Å². The van der Waals surface area contributed by atoms with Gasteiger partial charge in [-0.15, -0.1) is 0 Å². The zero-order chi connectivity index (χ0) is 13.7. The summed E-state index contributed by atoms with van der Waals surface area (Å²) in [4.78, 5) is 0. The van der Waals surface area contributed by atoms with Gasteiger partial charge in [0, 0.05) is 24.3 Å². The van der Waals surface area contributed by atoms with Gasteiger partial charge in [0.05, 0.1) is 18.0 Å². The average Bonchev–Trinajstić information content (AvgIpc) is 2.95. The minimum Gasteiger partial charge on any atom is -0.392 e. The van der Waals surface area contributed by atoms with Gasteiger partial charge in [-0.1, -0.05) is 25.1 Å². The Labute approximate surface area is 114 Å². The molecule has 2 atom stereocenters. The van der Waals surface area contributed by atoms with Crippen LogP contribution in [0.1, 0.15) is 31.9 Å². The predicted octanol–water partition coefficient (Wildman–Crippen LogP) is 2.29. The molecular formula is C15H21N3O. The molecule has 0 spiro atoms. The van der Waals surface area contributed by atoms with Gasteiger partial charge in [-0.05, 0) is 25.5 Å². The quantitative estimate of drug-likeness (QED) is 0.837. The van der Waals surface area contributed by atoms with E-state index in [0.29, 0.717) is 6.54 Å². The highest BCUT2D eigenvalue weighted by molar-refractivity contribution is 5.31. The molecule has 4 nitrogen and oxygen atoms in total. The number of rotatable bonds is 6. The van der Waals surface area contributed by atoms with E-state index in [9.17, 15) is 5.11 Å². The van der Waals surface area contributed by atoms with E-state index in [2.05, 4.69) is 17.3 Å². The molecule has 4 heteroatoms. The molecule has 2 N–H and O–H groups in total. The third-order valence-electron chi connectivity index (χ3n) is 3.25. The van der Waals surface area contributed by atoms with Crippen molar-refractivity contribution >= 4 is 0 Å². The lowest BCUT2D eigenvalue weighted by Gasteiger charge is -2.14. The highest BCUT2D eigenvalue weighted by Crippen LogP contribution is 2.14. The molecule has 2 rings (SSSR count). The average molecular weight is 259 g/mol. The molecule has 2 unspecified atom stereocenters. The molecule has 0 radical (unpaired) electrons. The largest absolute Gasteiger partial charge is 0.392 e. The van der Waals surface area contributed by atoms with E-state index in [1.165, 1.54) is 0 Å². The first-order valence-corrected chi connectivity index (χ1v) is 6.72. The second-order valence-corrected chi connectivity index (χ2v) is 4.75. The van der Waals surface area contributed by atoms with E-state index in [0.717, 1.165) is 17.7 Å². The number of para-hydroxylation sites is 1. The smallest absolute Gasteiger partial charge is 0.0662 e. The molecule has 2 aromatic rings. The minimum atomic E-state index is -0.286. The Morgan fingerprint density at radius 3 is 2.74 bits per heavy atom. The summed E-state index contributed by atoms with van der Waals surface area (Å²) in [6.45, 7) is 4.66. The van der Waals surface area contributed by atoms with Gasteiger partial charge in [-0.2, -0.15) is 5.10 Å². The maximum absolute atomic E-state index is 9.55. The van der Waals surface area contributed by atoms with E-state index in [-0.39, 0.29) is 12.1 Å². The Hall–Kier alpha value is -1.65. The van der Waals surface area contributed by atoms with Crippen molar-refractivity contribution in [1.82, 2.24) is 15.1 Å². The maximum Gasteiger partial charge on any atom is 0.0662 e. The fourth-order valence-corrected chi connectivity index (χ4v) is 1.86. The Kier molecular flexibility index (Phi) is 4.71. The van der Waals surface area contributed by atoms with Crippen molar-refractivity contribution in [2.24, 2.45) is 0 Å². The molecule has 0 aliphatic carbocycles. The van der Waals surface area contributed by atoms with E-state index in [4.69, 9.17) is 0 Å². The molecule has 1 aromatic heterocycles. The summed E-state index contributed by atoms with van der Waals surface area (Å²) in [6, 6.07) is 10.2. The molecule has 0 aliphatic rings. The van der Waals surface area contributed by atoms with Crippen molar-refractivity contribution in [2.75, 3.05) is 6.54 Å². The van der Waals surface area contributed by atoms with E-state index < -0.39 is 0 Å². The number of hydrogen-bond acceptors (Lipinski definition) is 3. The molecule has 1 aromatic carbocycles. The normalized spacial score (nSPS) is 14.3. The first-order valence-electron chi connectivity index (χ1n) is 6.72. The number of nitrogens with zero attached hydrogens (tertiary/aromatic N) is 2. The zero-order valence-electron chi connectivity index (χ0n) is 11.5. The molecule has 102 valence electrons. The molecular weight excluding hydrogens is 238 g/mol. The van der Waals surface area contributed by atoms with Crippen LogP contribution >= 0.6 is 0 Å². The zero-order valence-corrected chi connectivity index (χ0v) is 11.5. The van der Waals surface area contributed by atoms with Gasteiger partial charge in [0.1, 0.15) is 0 Å². The summed E-state index contributed by atoms with van der Waals surface area (Å²) in [6.07, 6.45) is 4.36. The summed E-state index contributed by atoms with van der Waals surface area (Å²) in [7, 11) is 0. The lowest BCUT2D eigenvalue weighted by Crippen LogP contribution is -2.28. The van der Waals surface area contributed by atoms with Crippen LogP contribution in [0.4, 0.5) is 0 Å². The molecule has 0 saturated heterocycles. The number of aromatic nitrogens is 2. The SMILES string of the molecule is CCC(O)CNC(C)c1cnn(-c2ccccc2)c1. The van der Waals surface area contributed by atoms with Crippen molar-refractivity contribution in [1.29, 1.82) is 0 Å². The Morgan fingerprint density at radius 2 is 2.05 bits per heavy atom. The Balaban J connectivity index is 2.01. The van der Waals surface area contributed by atoms with Crippen LogP contribution in [0.3, 0.4) is 0 Å². The highest BCUT2D eigenvalue weighted by atomic mass is 16.3. The number of nitrogens with one attached hydrogen (secondary N) is 1. The fraction of sp³-hybridized carbons (Fsp3) is 0.400. The summed E-state index contributed by atoms with van der Waals surface area (Å²) in [5, 5.41) is 17.2. The first-order chi connectivity index (χ1) is 9.20. The Morgan fingerprint density at radius 1 is 1.32 bits per heavy atom. The monoisotopic (exact) mass is 259 g/mol. The minimum absolute atomic E-state index is 0.179. The summed E-state index contributed by atoms with van der Waals surface area (Å²) in [5.74, 6) is 0. The van der Waals surface area contributed by atoms with Crippen LogP contribution in [-0.2, 0) is 0 Å². The van der Waals surface area contributed by atoms with Gasteiger partial charge in [-0.3, -0.25) is 0 Å². The molecule has 0 saturated carbocycles. The number of hydrogen-bond donors (Lipinski definition) is 2. The second-order valence-electron chi connectivity index (χ2n) is 4.75. The number of aliphatic hydroxyl groups is 1. The lowest BCUT2D eigenvalue weighted by molar-refractivity contribution is 0.164. The molecule has 0 amide bonds. The second kappa shape index (κ2) is 6.50. The maximum atomic E-state index is 9.55. The van der Waals surface area contributed by atoms with Crippen molar-refractivity contribution in [2.45, 2.75) is 32.4 Å². The third kappa shape index (κ3) is 3.66. The van der Waals surface area contributed by atoms with Gasteiger partial charge in [-0.25, -0.2) is 4.68 Å². The molecule has 1 heterocycles. The van der Waals surface area contributed by atoms with Crippen molar-refractivity contribution in [3.8, 4) is 5.69 Å². The summed E-state index contributed by atoms with van der Waals surface area (Å²) in [5.41, 5.74) is 2.17. The standard InChI is InChI=1S/C15H21N3O/c1-3-15(19)10-16-12(2)13-9-17-18(11-13)14-7-5-4-6-8-14/h4-9,11-12,15-16,19H,3,10H2,1-2H3. The van der Waals surface area contributed by atoms with Crippen LogP contribution in [0.2, 0.25) is 0 Å². The van der Waals surface area contributed by atoms with Crippen LogP contribution in [0.15, 0.2) is 42.7 Å². The first kappa shape index (κ1) is 13.8. The number of benzene rings is 1. The number of aliphatic hydroxyl groups excluding tert-OH is 1. The topological polar surface area (TPSA) is 50.1 Å². The van der Waals surface area contributed by atoms with Crippen LogP contribution in [0, 0.1) is 0 Å². The van der Waals surface area contributed by atoms with Gasteiger partial charge in [0.15, 0.2) is 0 Å².